The molecule has 18 heavy (non-hydrogen) atoms. The molecule has 0 aliphatic rings. The number of ketones is 1. The van der Waals surface area contributed by atoms with E-state index in [1.165, 1.54) is 6.92 Å². The molecule has 1 aromatic carbocycles. The highest BCUT2D eigenvalue weighted by molar-refractivity contribution is 6.57. The van der Waals surface area contributed by atoms with Gasteiger partial charge in [-0.2, -0.15) is 5.11 Å². The SMILES string of the molecule is CC(=O)C(Cl)(Cl)N=Nc1c(C)cc(Cl)c(C)c1Cl. The van der Waals surface area contributed by atoms with E-state index in [4.69, 9.17) is 46.4 Å². The number of carbonyl (C=O) groups excluding carboxylic acids is 1. The Bertz CT molecular complexity index is 526. The lowest BCUT2D eigenvalue weighted by molar-refractivity contribution is -0.117. The smallest absolute Gasteiger partial charge is 0.285 e. The largest absolute Gasteiger partial charge is 0.294 e. The third kappa shape index (κ3) is 3.35. The second-order valence-electron chi connectivity index (χ2n) is 3.76. The highest BCUT2D eigenvalue weighted by atomic mass is 35.5. The molecule has 1 aromatic rings. The summed E-state index contributed by atoms with van der Waals surface area (Å²) in [6.07, 6.45) is 0. The van der Waals surface area contributed by atoms with Crippen LogP contribution in [0.5, 0.6) is 0 Å². The van der Waals surface area contributed by atoms with E-state index in [9.17, 15) is 4.79 Å². The first-order valence-electron chi connectivity index (χ1n) is 4.93. The Balaban J connectivity index is 3.25. The first kappa shape index (κ1) is 15.7. The quantitative estimate of drug-likeness (QED) is 0.415. The molecular weight excluding hydrogens is 318 g/mol. The molecule has 0 atom stereocenters. The lowest BCUT2D eigenvalue weighted by Crippen LogP contribution is -2.19. The fraction of sp³-hybridized carbons (Fsp3) is 0.364. The molecule has 3 nitrogen and oxygen atoms in total. The first-order valence-corrected chi connectivity index (χ1v) is 6.45. The van der Waals surface area contributed by atoms with Crippen molar-refractivity contribution in [1.29, 1.82) is 0 Å². The molecule has 0 saturated carbocycles. The topological polar surface area (TPSA) is 41.8 Å². The minimum Gasteiger partial charge on any atom is -0.294 e. The van der Waals surface area contributed by atoms with Crippen LogP contribution in [0.1, 0.15) is 18.1 Å². The van der Waals surface area contributed by atoms with Crippen molar-refractivity contribution in [2.45, 2.75) is 25.2 Å². The van der Waals surface area contributed by atoms with Crippen molar-refractivity contribution in [2.75, 3.05) is 0 Å². The fourth-order valence-corrected chi connectivity index (χ4v) is 1.80. The summed E-state index contributed by atoms with van der Waals surface area (Å²) in [6, 6.07) is 1.70. The van der Waals surface area contributed by atoms with Crippen molar-refractivity contribution in [3.8, 4) is 0 Å². The molecule has 0 unspecified atom stereocenters. The molecule has 0 radical (unpaired) electrons. The monoisotopic (exact) mass is 326 g/mol. The van der Waals surface area contributed by atoms with E-state index in [0.29, 0.717) is 26.9 Å². The Morgan fingerprint density at radius 3 is 2.33 bits per heavy atom. The van der Waals surface area contributed by atoms with Gasteiger partial charge in [0.15, 0.2) is 5.78 Å². The van der Waals surface area contributed by atoms with Crippen LogP contribution in [0.15, 0.2) is 16.3 Å². The van der Waals surface area contributed by atoms with E-state index in [0.717, 1.165) is 0 Å². The molecule has 1 rings (SSSR count). The fourth-order valence-electron chi connectivity index (χ4n) is 1.13. The number of alkyl halides is 2. The van der Waals surface area contributed by atoms with E-state index in [1.807, 2.05) is 0 Å². The maximum absolute atomic E-state index is 11.1. The van der Waals surface area contributed by atoms with Crippen molar-refractivity contribution in [3.05, 3.63) is 27.2 Å². The van der Waals surface area contributed by atoms with Gasteiger partial charge >= 0.3 is 0 Å². The molecule has 7 heteroatoms. The number of Topliss-reactive ketones (excluding diaryl/α,β-unsaturated/α-hetero) is 1. The van der Waals surface area contributed by atoms with Gasteiger partial charge in [-0.3, -0.25) is 4.79 Å². The molecule has 0 amide bonds. The molecule has 0 spiro atoms. The van der Waals surface area contributed by atoms with Crippen LogP contribution < -0.4 is 0 Å². The summed E-state index contributed by atoms with van der Waals surface area (Å²) in [7, 11) is 0. The van der Waals surface area contributed by atoms with Crippen LogP contribution in [0.25, 0.3) is 0 Å². The van der Waals surface area contributed by atoms with Gasteiger partial charge in [0, 0.05) is 5.02 Å². The number of aryl methyl sites for hydroxylation is 1. The summed E-state index contributed by atoms with van der Waals surface area (Å²) in [5.41, 5.74) is 1.79. The number of carbonyl (C=O) groups is 1. The second kappa shape index (κ2) is 5.74. The Hall–Kier alpha value is -0.350. The molecule has 0 saturated heterocycles. The maximum atomic E-state index is 11.1. The molecule has 0 aliphatic heterocycles. The predicted octanol–water partition coefficient (Wildman–Crippen LogP) is 5.41. The van der Waals surface area contributed by atoms with Crippen molar-refractivity contribution in [3.63, 3.8) is 0 Å². The molecule has 98 valence electrons. The van der Waals surface area contributed by atoms with Crippen molar-refractivity contribution >= 4 is 57.9 Å². The lowest BCUT2D eigenvalue weighted by Gasteiger charge is -2.10. The van der Waals surface area contributed by atoms with Crippen LogP contribution in [0.4, 0.5) is 5.69 Å². The zero-order valence-electron chi connectivity index (χ0n) is 9.89. The lowest BCUT2D eigenvalue weighted by atomic mass is 10.1. The van der Waals surface area contributed by atoms with Crippen LogP contribution in [0, 0.1) is 13.8 Å². The highest BCUT2D eigenvalue weighted by Gasteiger charge is 2.29. The Kier molecular flexibility index (Phi) is 5.01. The van der Waals surface area contributed by atoms with Crippen molar-refractivity contribution < 1.29 is 4.79 Å². The molecule has 0 aliphatic carbocycles. The van der Waals surface area contributed by atoms with Gasteiger partial charge in [0.2, 0.25) is 0 Å². The zero-order valence-corrected chi connectivity index (χ0v) is 12.9. The summed E-state index contributed by atoms with van der Waals surface area (Å²) in [5.74, 6) is -0.519. The normalized spacial score (nSPS) is 12.2. The summed E-state index contributed by atoms with van der Waals surface area (Å²) in [5, 5.41) is 8.34. The third-order valence-electron chi connectivity index (χ3n) is 2.31. The molecular formula is C11H10Cl4N2O. The molecule has 0 heterocycles. The van der Waals surface area contributed by atoms with Gasteiger partial charge in [-0.05, 0) is 38.0 Å². The number of hydrogen-bond donors (Lipinski definition) is 0. The number of azo groups is 1. The van der Waals surface area contributed by atoms with E-state index in [-0.39, 0.29) is 0 Å². The third-order valence-corrected chi connectivity index (χ3v) is 3.85. The minimum atomic E-state index is -1.90. The highest BCUT2D eigenvalue weighted by Crippen LogP contribution is 2.37. The summed E-state index contributed by atoms with van der Waals surface area (Å²) in [4.78, 5) is 11.1. The van der Waals surface area contributed by atoms with Crippen LogP contribution >= 0.6 is 46.4 Å². The van der Waals surface area contributed by atoms with Gasteiger partial charge in [-0.15, -0.1) is 5.11 Å². The summed E-state index contributed by atoms with van der Waals surface area (Å²) >= 11 is 23.4. The predicted molar refractivity (Wildman–Crippen MR) is 75.6 cm³/mol. The number of halogens is 4. The van der Waals surface area contributed by atoms with E-state index in [1.54, 1.807) is 19.9 Å². The van der Waals surface area contributed by atoms with Crippen molar-refractivity contribution in [2.24, 2.45) is 10.2 Å². The molecule has 0 fully saturated rings. The Labute approximate surface area is 125 Å². The standard InChI is InChI=1S/C11H10Cl4N2O/c1-5-4-8(12)6(2)9(13)10(5)16-17-11(14,15)7(3)18/h4H,1-3H3. The molecule has 0 bridgehead atoms. The van der Waals surface area contributed by atoms with E-state index in [2.05, 4.69) is 10.2 Å². The summed E-state index contributed by atoms with van der Waals surface area (Å²) in [6.45, 7) is 4.74. The maximum Gasteiger partial charge on any atom is 0.285 e. The Morgan fingerprint density at radius 1 is 1.28 bits per heavy atom. The molecule has 0 N–H and O–H groups in total. The average Bonchev–Trinajstić information content (AvgIpc) is 2.25. The van der Waals surface area contributed by atoms with Crippen molar-refractivity contribution in [1.82, 2.24) is 0 Å². The van der Waals surface area contributed by atoms with Gasteiger partial charge in [-0.25, -0.2) is 0 Å². The number of rotatable bonds is 3. The van der Waals surface area contributed by atoms with Crippen LogP contribution in [0.2, 0.25) is 10.0 Å². The average molecular weight is 328 g/mol. The van der Waals surface area contributed by atoms with E-state index >= 15 is 0 Å². The number of nitrogens with zero attached hydrogens (tertiary/aromatic N) is 2. The first-order chi connectivity index (χ1) is 8.16. The number of hydrogen-bond acceptors (Lipinski definition) is 3. The minimum absolute atomic E-state index is 0.358. The molecule has 0 aromatic heterocycles. The van der Waals surface area contributed by atoms with Gasteiger partial charge in [0.05, 0.1) is 5.02 Å². The van der Waals surface area contributed by atoms with Gasteiger partial charge in [0.1, 0.15) is 5.69 Å². The van der Waals surface area contributed by atoms with Gasteiger partial charge < -0.3 is 0 Å². The van der Waals surface area contributed by atoms with Crippen LogP contribution in [0.3, 0.4) is 0 Å². The second-order valence-corrected chi connectivity index (χ2v) is 5.83. The van der Waals surface area contributed by atoms with E-state index < -0.39 is 10.2 Å². The summed E-state index contributed by atoms with van der Waals surface area (Å²) < 4.78 is -1.90. The van der Waals surface area contributed by atoms with Crippen LogP contribution in [-0.4, -0.2) is 10.2 Å². The zero-order chi connectivity index (χ0) is 14.1. The number of benzene rings is 1. The Morgan fingerprint density at radius 2 is 1.83 bits per heavy atom. The van der Waals surface area contributed by atoms with Gasteiger partial charge in [0.25, 0.3) is 4.46 Å². The van der Waals surface area contributed by atoms with Gasteiger partial charge in [-0.1, -0.05) is 46.4 Å². The van der Waals surface area contributed by atoms with Crippen LogP contribution in [-0.2, 0) is 4.79 Å².